The molecule has 0 radical (unpaired) electrons. The van der Waals surface area contributed by atoms with Gasteiger partial charge in [0.05, 0.1) is 31.2 Å². The fraction of sp³-hybridized carbons (Fsp3) is 0.562. The lowest BCUT2D eigenvalue weighted by atomic mass is 9.84. The van der Waals surface area contributed by atoms with Gasteiger partial charge in [0.15, 0.2) is 0 Å². The zero-order chi connectivity index (χ0) is 19.5. The largest absolute Gasteiger partial charge is 0.465 e. The van der Waals surface area contributed by atoms with Crippen LogP contribution in [0, 0.1) is 5.41 Å². The summed E-state index contributed by atoms with van der Waals surface area (Å²) in [6.45, 7) is 7.24. The van der Waals surface area contributed by atoms with Crippen molar-refractivity contribution in [3.8, 4) is 0 Å². The van der Waals surface area contributed by atoms with E-state index >= 15 is 0 Å². The molecule has 0 bridgehead atoms. The first-order valence-corrected chi connectivity index (χ1v) is 8.09. The highest BCUT2D eigenvalue weighted by Gasteiger charge is 2.38. The molecular weight excluding hydrogens is 342 g/mol. The van der Waals surface area contributed by atoms with Crippen molar-refractivity contribution in [3.05, 3.63) is 12.4 Å². The zero-order valence-electron chi connectivity index (χ0n) is 15.2. The number of hydrogen-bond donors (Lipinski definition) is 2. The van der Waals surface area contributed by atoms with Crippen LogP contribution in [-0.2, 0) is 14.3 Å². The molecular formula is C16H23N5O5. The first-order valence-electron chi connectivity index (χ1n) is 8.09. The fourth-order valence-electron chi connectivity index (χ4n) is 2.76. The molecule has 2 rings (SSSR count). The minimum Gasteiger partial charge on any atom is -0.465 e. The number of hydrogen-bond acceptors (Lipinski definition) is 7. The van der Waals surface area contributed by atoms with E-state index in [-0.39, 0.29) is 17.1 Å². The standard InChI is InChI=1S/C16H23N5O5/c1-16(2,3)11-9-20(5-6-21(11)15(24)25)14-17-7-10(8-18-14)19-12(22)13(23)26-4/h7-8,11H,5-6,9H2,1-4H3,(H,19,22)(H,24,25). The molecule has 1 aromatic rings. The molecule has 1 unspecified atom stereocenters. The van der Waals surface area contributed by atoms with E-state index in [0.717, 1.165) is 7.11 Å². The lowest BCUT2D eigenvalue weighted by molar-refractivity contribution is -0.150. The second kappa shape index (κ2) is 7.54. The fourth-order valence-corrected chi connectivity index (χ4v) is 2.76. The van der Waals surface area contributed by atoms with Crippen molar-refractivity contribution in [2.45, 2.75) is 26.8 Å². The highest BCUT2D eigenvalue weighted by atomic mass is 16.5. The number of aromatic nitrogens is 2. The number of piperazine rings is 1. The van der Waals surface area contributed by atoms with E-state index in [1.807, 2.05) is 25.7 Å². The number of amides is 2. The van der Waals surface area contributed by atoms with Crippen molar-refractivity contribution < 1.29 is 24.2 Å². The average molecular weight is 365 g/mol. The quantitative estimate of drug-likeness (QED) is 0.582. The number of ether oxygens (including phenoxy) is 1. The van der Waals surface area contributed by atoms with E-state index < -0.39 is 18.0 Å². The monoisotopic (exact) mass is 365 g/mol. The predicted octanol–water partition coefficient (Wildman–Crippen LogP) is 0.803. The Morgan fingerprint density at radius 1 is 1.23 bits per heavy atom. The molecule has 1 atom stereocenters. The van der Waals surface area contributed by atoms with Crippen molar-refractivity contribution in [1.29, 1.82) is 0 Å². The normalized spacial score (nSPS) is 17.6. The summed E-state index contributed by atoms with van der Waals surface area (Å²) in [6.07, 6.45) is 1.84. The molecule has 26 heavy (non-hydrogen) atoms. The molecule has 0 aliphatic carbocycles. The summed E-state index contributed by atoms with van der Waals surface area (Å²) < 4.78 is 4.32. The Kier molecular flexibility index (Phi) is 5.63. The van der Waals surface area contributed by atoms with E-state index in [1.165, 1.54) is 17.3 Å². The van der Waals surface area contributed by atoms with Gasteiger partial charge in [0.2, 0.25) is 5.95 Å². The van der Waals surface area contributed by atoms with Crippen LogP contribution in [0.15, 0.2) is 12.4 Å². The van der Waals surface area contributed by atoms with Gasteiger partial charge in [-0.05, 0) is 5.41 Å². The third-order valence-corrected chi connectivity index (χ3v) is 4.18. The highest BCUT2D eigenvalue weighted by molar-refractivity contribution is 6.37. The Hall–Kier alpha value is -2.91. The zero-order valence-corrected chi connectivity index (χ0v) is 15.2. The SMILES string of the molecule is COC(=O)C(=O)Nc1cnc(N2CCN(C(=O)O)C(C(C)(C)C)C2)nc1. The summed E-state index contributed by atoms with van der Waals surface area (Å²) in [5, 5.41) is 11.7. The lowest BCUT2D eigenvalue weighted by Gasteiger charge is -2.45. The van der Waals surface area contributed by atoms with Crippen LogP contribution in [0.2, 0.25) is 0 Å². The van der Waals surface area contributed by atoms with Gasteiger partial charge < -0.3 is 25.0 Å². The molecule has 2 heterocycles. The lowest BCUT2D eigenvalue weighted by Crippen LogP contribution is -2.59. The number of nitrogens with one attached hydrogen (secondary N) is 1. The smallest absolute Gasteiger partial charge is 0.407 e. The maximum Gasteiger partial charge on any atom is 0.407 e. The molecule has 1 aromatic heterocycles. The number of carbonyl (C=O) groups excluding carboxylic acids is 2. The first kappa shape index (κ1) is 19.4. The van der Waals surface area contributed by atoms with Crippen LogP contribution in [0.1, 0.15) is 20.8 Å². The number of rotatable bonds is 2. The number of carboxylic acid groups (broad SMARTS) is 1. The second-order valence-electron chi connectivity index (χ2n) is 7.02. The van der Waals surface area contributed by atoms with Crippen molar-refractivity contribution in [3.63, 3.8) is 0 Å². The summed E-state index contributed by atoms with van der Waals surface area (Å²) in [7, 11) is 1.11. The number of carbonyl (C=O) groups is 3. The van der Waals surface area contributed by atoms with Gasteiger partial charge in [0.1, 0.15) is 0 Å². The summed E-state index contributed by atoms with van der Waals surface area (Å²) in [4.78, 5) is 45.8. The number of nitrogens with zero attached hydrogens (tertiary/aromatic N) is 4. The minimum absolute atomic E-state index is 0.212. The molecule has 1 aliphatic rings. The third-order valence-electron chi connectivity index (χ3n) is 4.18. The summed E-state index contributed by atoms with van der Waals surface area (Å²) in [5.41, 5.74) is 0.0200. The topological polar surface area (TPSA) is 125 Å². The van der Waals surface area contributed by atoms with Crippen molar-refractivity contribution in [2.24, 2.45) is 5.41 Å². The predicted molar refractivity (Wildman–Crippen MR) is 92.9 cm³/mol. The maximum absolute atomic E-state index is 11.5. The van der Waals surface area contributed by atoms with Crippen molar-refractivity contribution in [2.75, 3.05) is 37.0 Å². The molecule has 142 valence electrons. The molecule has 1 aliphatic heterocycles. The second-order valence-corrected chi connectivity index (χ2v) is 7.02. The van der Waals surface area contributed by atoms with Gasteiger partial charge in [0, 0.05) is 19.6 Å². The van der Waals surface area contributed by atoms with E-state index in [0.29, 0.717) is 25.6 Å². The molecule has 1 fully saturated rings. The summed E-state index contributed by atoms with van der Waals surface area (Å²) in [6, 6.07) is -0.212. The van der Waals surface area contributed by atoms with Crippen LogP contribution < -0.4 is 10.2 Å². The number of methoxy groups -OCH3 is 1. The van der Waals surface area contributed by atoms with Gasteiger partial charge >= 0.3 is 18.0 Å². The van der Waals surface area contributed by atoms with E-state index in [1.54, 1.807) is 0 Å². The van der Waals surface area contributed by atoms with Crippen LogP contribution in [0.4, 0.5) is 16.4 Å². The van der Waals surface area contributed by atoms with Crippen LogP contribution in [0.5, 0.6) is 0 Å². The van der Waals surface area contributed by atoms with Crippen LogP contribution in [0.3, 0.4) is 0 Å². The Morgan fingerprint density at radius 2 is 1.85 bits per heavy atom. The van der Waals surface area contributed by atoms with Crippen LogP contribution in [0.25, 0.3) is 0 Å². The van der Waals surface area contributed by atoms with Gasteiger partial charge in [0.25, 0.3) is 0 Å². The molecule has 0 spiro atoms. The molecule has 0 saturated carbocycles. The molecule has 10 nitrogen and oxygen atoms in total. The van der Waals surface area contributed by atoms with Gasteiger partial charge in [-0.25, -0.2) is 19.6 Å². The Bertz CT molecular complexity index is 685. The van der Waals surface area contributed by atoms with Crippen molar-refractivity contribution in [1.82, 2.24) is 14.9 Å². The third kappa shape index (κ3) is 4.38. The molecule has 0 aromatic carbocycles. The van der Waals surface area contributed by atoms with Crippen molar-refractivity contribution >= 4 is 29.6 Å². The van der Waals surface area contributed by atoms with Gasteiger partial charge in [-0.1, -0.05) is 20.8 Å². The average Bonchev–Trinajstić information content (AvgIpc) is 2.60. The number of anilines is 2. The summed E-state index contributed by atoms with van der Waals surface area (Å²) in [5.74, 6) is -1.49. The van der Waals surface area contributed by atoms with Crippen LogP contribution in [-0.4, -0.2) is 70.7 Å². The van der Waals surface area contributed by atoms with E-state index in [2.05, 4.69) is 20.0 Å². The first-order chi connectivity index (χ1) is 12.1. The van der Waals surface area contributed by atoms with E-state index in [4.69, 9.17) is 0 Å². The number of esters is 1. The van der Waals surface area contributed by atoms with Gasteiger partial charge in [-0.2, -0.15) is 0 Å². The summed E-state index contributed by atoms with van der Waals surface area (Å²) >= 11 is 0. The van der Waals surface area contributed by atoms with Gasteiger partial charge in [-0.3, -0.25) is 4.79 Å². The Balaban J connectivity index is 2.10. The Morgan fingerprint density at radius 3 is 2.35 bits per heavy atom. The van der Waals surface area contributed by atoms with E-state index in [9.17, 15) is 19.5 Å². The highest BCUT2D eigenvalue weighted by Crippen LogP contribution is 2.29. The minimum atomic E-state index is -1.01. The molecule has 1 saturated heterocycles. The van der Waals surface area contributed by atoms with Gasteiger partial charge in [-0.15, -0.1) is 0 Å². The van der Waals surface area contributed by atoms with Crippen LogP contribution >= 0.6 is 0 Å². The molecule has 2 N–H and O–H groups in total. The maximum atomic E-state index is 11.5. The molecule has 2 amide bonds. The molecule has 10 heteroatoms. The Labute approximate surface area is 151 Å².